The van der Waals surface area contributed by atoms with Gasteiger partial charge >= 0.3 is 0 Å². The van der Waals surface area contributed by atoms with Gasteiger partial charge in [-0.3, -0.25) is 9.59 Å². The lowest BCUT2D eigenvalue weighted by molar-refractivity contribution is 0.0988. The van der Waals surface area contributed by atoms with E-state index in [4.69, 9.17) is 9.47 Å². The molecule has 3 aromatic rings. The van der Waals surface area contributed by atoms with Crippen LogP contribution in [0, 0.1) is 0 Å². The number of carbonyl (C=O) groups excluding carboxylic acids is 2. The second-order valence-electron chi connectivity index (χ2n) is 6.92. The van der Waals surface area contributed by atoms with Crippen molar-refractivity contribution in [2.45, 2.75) is 11.4 Å². The lowest BCUT2D eigenvalue weighted by Gasteiger charge is -2.20. The Labute approximate surface area is 179 Å². The van der Waals surface area contributed by atoms with Crippen molar-refractivity contribution >= 4 is 32.4 Å². The number of rotatable bonds is 6. The molecule has 1 aliphatic carbocycles. The summed E-state index contributed by atoms with van der Waals surface area (Å²) < 4.78 is 39.0. The van der Waals surface area contributed by atoms with Crippen LogP contribution in [0.3, 0.4) is 0 Å². The number of fused-ring (bicyclic) bond motifs is 2. The highest BCUT2D eigenvalue weighted by molar-refractivity contribution is 7.89. The predicted molar refractivity (Wildman–Crippen MR) is 115 cm³/mol. The summed E-state index contributed by atoms with van der Waals surface area (Å²) in [6.45, 7) is -0.160. The van der Waals surface area contributed by atoms with Crippen molar-refractivity contribution in [3.63, 3.8) is 0 Å². The maximum Gasteiger partial charge on any atom is 0.240 e. The first-order valence-corrected chi connectivity index (χ1v) is 10.9. The van der Waals surface area contributed by atoms with Crippen molar-refractivity contribution in [2.75, 3.05) is 14.2 Å². The molecule has 158 valence electrons. The Bertz CT molecular complexity index is 1360. The van der Waals surface area contributed by atoms with Crippen LogP contribution < -0.4 is 14.2 Å². The molecule has 31 heavy (non-hydrogen) atoms. The van der Waals surface area contributed by atoms with E-state index in [-0.39, 0.29) is 39.8 Å². The molecule has 0 radical (unpaired) electrons. The molecule has 1 N–H and O–H groups in total. The SMILES string of the molecule is COc1cc(CNS(=O)(=O)c2ccc3ccccc3c2)c(OC)c2c1C(=O)C=CC2=O. The molecule has 0 amide bonds. The first-order chi connectivity index (χ1) is 14.9. The van der Waals surface area contributed by atoms with Gasteiger partial charge < -0.3 is 9.47 Å². The number of hydrogen-bond acceptors (Lipinski definition) is 6. The van der Waals surface area contributed by atoms with Crippen LogP contribution in [-0.4, -0.2) is 34.2 Å². The number of ether oxygens (including phenoxy) is 2. The van der Waals surface area contributed by atoms with E-state index in [0.29, 0.717) is 5.56 Å². The molecule has 1 aliphatic rings. The van der Waals surface area contributed by atoms with E-state index in [1.807, 2.05) is 24.3 Å². The number of hydrogen-bond donors (Lipinski definition) is 1. The van der Waals surface area contributed by atoms with Crippen LogP contribution in [0.25, 0.3) is 10.8 Å². The lowest BCUT2D eigenvalue weighted by Crippen LogP contribution is -2.24. The zero-order valence-corrected chi connectivity index (χ0v) is 17.7. The summed E-state index contributed by atoms with van der Waals surface area (Å²) in [5.41, 5.74) is 0.543. The summed E-state index contributed by atoms with van der Waals surface area (Å²) >= 11 is 0. The second-order valence-corrected chi connectivity index (χ2v) is 8.68. The van der Waals surface area contributed by atoms with Crippen molar-refractivity contribution in [2.24, 2.45) is 0 Å². The summed E-state index contributed by atoms with van der Waals surface area (Å²) in [4.78, 5) is 24.9. The fourth-order valence-electron chi connectivity index (χ4n) is 3.61. The molecule has 7 nitrogen and oxygen atoms in total. The summed E-state index contributed by atoms with van der Waals surface area (Å²) in [5.74, 6) is -0.477. The van der Waals surface area contributed by atoms with E-state index < -0.39 is 15.8 Å². The molecule has 0 fully saturated rings. The summed E-state index contributed by atoms with van der Waals surface area (Å²) in [6, 6.07) is 13.8. The molecule has 0 bridgehead atoms. The monoisotopic (exact) mass is 437 g/mol. The number of carbonyl (C=O) groups is 2. The van der Waals surface area contributed by atoms with E-state index in [0.717, 1.165) is 16.8 Å². The number of nitrogens with one attached hydrogen (secondary N) is 1. The predicted octanol–water partition coefficient (Wildman–Crippen LogP) is 3.27. The zero-order chi connectivity index (χ0) is 22.2. The van der Waals surface area contributed by atoms with Gasteiger partial charge in [0, 0.05) is 12.1 Å². The first kappa shape index (κ1) is 20.8. The summed E-state index contributed by atoms with van der Waals surface area (Å²) in [6.07, 6.45) is 2.34. The van der Waals surface area contributed by atoms with Gasteiger partial charge in [0.2, 0.25) is 10.0 Å². The Balaban J connectivity index is 1.71. The van der Waals surface area contributed by atoms with E-state index in [1.54, 1.807) is 12.1 Å². The third kappa shape index (κ3) is 3.71. The van der Waals surface area contributed by atoms with Crippen LogP contribution in [0.2, 0.25) is 0 Å². The van der Waals surface area contributed by atoms with Gasteiger partial charge in [-0.05, 0) is 41.1 Å². The fourth-order valence-corrected chi connectivity index (χ4v) is 4.65. The number of sulfonamides is 1. The molecule has 8 heteroatoms. The Kier molecular flexibility index (Phi) is 5.34. The van der Waals surface area contributed by atoms with E-state index >= 15 is 0 Å². The van der Waals surface area contributed by atoms with Crippen molar-refractivity contribution in [1.29, 1.82) is 0 Å². The minimum absolute atomic E-state index is 0.0641. The topological polar surface area (TPSA) is 98.8 Å². The number of benzene rings is 3. The van der Waals surface area contributed by atoms with Crippen LogP contribution >= 0.6 is 0 Å². The largest absolute Gasteiger partial charge is 0.496 e. The molecule has 0 saturated heterocycles. The maximum absolute atomic E-state index is 12.9. The molecule has 4 rings (SSSR count). The highest BCUT2D eigenvalue weighted by Gasteiger charge is 2.30. The van der Waals surface area contributed by atoms with Gasteiger partial charge in [0.05, 0.1) is 30.2 Å². The van der Waals surface area contributed by atoms with Crippen molar-refractivity contribution in [3.05, 3.63) is 77.4 Å². The minimum Gasteiger partial charge on any atom is -0.496 e. The standard InChI is InChI=1S/C23H19NO6S/c1-29-20-12-16(23(30-2)22-19(26)10-9-18(25)21(20)22)13-24-31(27,28)17-8-7-14-5-3-4-6-15(14)11-17/h3-12,24H,13H2,1-2H3. The third-order valence-electron chi connectivity index (χ3n) is 5.11. The van der Waals surface area contributed by atoms with Gasteiger partial charge in [0.15, 0.2) is 11.6 Å². The van der Waals surface area contributed by atoms with E-state index in [1.165, 1.54) is 32.4 Å². The lowest BCUT2D eigenvalue weighted by atomic mass is 9.90. The van der Waals surface area contributed by atoms with Crippen LogP contribution in [0.1, 0.15) is 26.3 Å². The molecule has 0 atom stereocenters. The quantitative estimate of drug-likeness (QED) is 0.636. The molecule has 0 saturated carbocycles. The maximum atomic E-state index is 12.9. The first-order valence-electron chi connectivity index (χ1n) is 9.39. The van der Waals surface area contributed by atoms with Crippen molar-refractivity contribution in [3.8, 4) is 11.5 Å². The van der Waals surface area contributed by atoms with Crippen molar-refractivity contribution < 1.29 is 27.5 Å². The summed E-state index contributed by atoms with van der Waals surface area (Å²) in [7, 11) is -1.12. The van der Waals surface area contributed by atoms with Crippen LogP contribution in [0.15, 0.2) is 65.6 Å². The second kappa shape index (κ2) is 7.98. The molecule has 0 unspecified atom stereocenters. The van der Waals surface area contributed by atoms with Gasteiger partial charge in [-0.15, -0.1) is 0 Å². The van der Waals surface area contributed by atoms with Crippen LogP contribution in [0.5, 0.6) is 11.5 Å². The normalized spacial score (nSPS) is 13.4. The molecule has 0 spiro atoms. The molecular formula is C23H19NO6S. The van der Waals surface area contributed by atoms with Crippen LogP contribution in [-0.2, 0) is 16.6 Å². The number of ketones is 2. The smallest absolute Gasteiger partial charge is 0.240 e. The number of allylic oxidation sites excluding steroid dienone is 2. The molecule has 0 aliphatic heterocycles. The highest BCUT2D eigenvalue weighted by Crippen LogP contribution is 2.37. The average molecular weight is 437 g/mol. The fraction of sp³-hybridized carbons (Fsp3) is 0.130. The summed E-state index contributed by atoms with van der Waals surface area (Å²) in [5, 5.41) is 1.73. The minimum atomic E-state index is -3.85. The molecular weight excluding hydrogens is 418 g/mol. The highest BCUT2D eigenvalue weighted by atomic mass is 32.2. The van der Waals surface area contributed by atoms with Gasteiger partial charge in [0.1, 0.15) is 11.5 Å². The Morgan fingerprint density at radius 3 is 2.19 bits per heavy atom. The van der Waals surface area contributed by atoms with Gasteiger partial charge in [-0.25, -0.2) is 13.1 Å². The molecule has 3 aromatic carbocycles. The molecule has 0 aromatic heterocycles. The Morgan fingerprint density at radius 2 is 1.52 bits per heavy atom. The van der Waals surface area contributed by atoms with Gasteiger partial charge in [-0.1, -0.05) is 30.3 Å². The van der Waals surface area contributed by atoms with Crippen molar-refractivity contribution in [1.82, 2.24) is 4.72 Å². The Morgan fingerprint density at radius 1 is 0.839 bits per heavy atom. The Hall–Kier alpha value is -3.49. The zero-order valence-electron chi connectivity index (χ0n) is 16.8. The van der Waals surface area contributed by atoms with E-state index in [9.17, 15) is 18.0 Å². The van der Waals surface area contributed by atoms with Gasteiger partial charge in [0.25, 0.3) is 0 Å². The van der Waals surface area contributed by atoms with Crippen LogP contribution in [0.4, 0.5) is 0 Å². The van der Waals surface area contributed by atoms with E-state index in [2.05, 4.69) is 4.72 Å². The average Bonchev–Trinajstić information content (AvgIpc) is 2.78. The number of methoxy groups -OCH3 is 2. The molecule has 0 heterocycles. The third-order valence-corrected chi connectivity index (χ3v) is 6.51. The van der Waals surface area contributed by atoms with Gasteiger partial charge in [-0.2, -0.15) is 0 Å².